The Labute approximate surface area is 120 Å². The van der Waals surface area contributed by atoms with Crippen molar-refractivity contribution in [3.05, 3.63) is 53.3 Å². The van der Waals surface area contributed by atoms with Gasteiger partial charge in [0.25, 0.3) is 0 Å². The molecule has 0 aliphatic rings. The summed E-state index contributed by atoms with van der Waals surface area (Å²) in [5, 5.41) is 4.43. The van der Waals surface area contributed by atoms with Crippen LogP contribution in [0.4, 0.5) is 5.95 Å². The molecule has 0 amide bonds. The van der Waals surface area contributed by atoms with Crippen LogP contribution in [0.3, 0.4) is 0 Å². The number of hydrogen-bond acceptors (Lipinski definition) is 4. The predicted octanol–water partition coefficient (Wildman–Crippen LogP) is 3.51. The molecule has 0 aliphatic carbocycles. The minimum atomic E-state index is 0.557. The van der Waals surface area contributed by atoms with Crippen molar-refractivity contribution in [3.8, 4) is 0 Å². The van der Waals surface area contributed by atoms with Crippen LogP contribution < -0.4 is 5.43 Å². The summed E-state index contributed by atoms with van der Waals surface area (Å²) in [6.07, 6.45) is 1.74. The fraction of sp³-hybridized carbons (Fsp3) is 0.312. The van der Waals surface area contributed by atoms with E-state index >= 15 is 0 Å². The number of hydrazone groups is 1. The number of nitrogens with one attached hydrogen (secondary N) is 1. The van der Waals surface area contributed by atoms with Crippen LogP contribution in [-0.4, -0.2) is 15.7 Å². The molecule has 0 saturated carbocycles. The first-order valence-corrected chi connectivity index (χ1v) is 6.85. The summed E-state index contributed by atoms with van der Waals surface area (Å²) in [6, 6.07) is 12.3. The second kappa shape index (κ2) is 6.80. The Morgan fingerprint density at radius 1 is 1.10 bits per heavy atom. The van der Waals surface area contributed by atoms with E-state index in [1.807, 2.05) is 38.1 Å². The Morgan fingerprint density at radius 3 is 2.35 bits per heavy atom. The van der Waals surface area contributed by atoms with E-state index in [0.717, 1.165) is 29.9 Å². The molecule has 1 aromatic carbocycles. The SMILES string of the molecule is CC/C(Cc1ccccc1)=N\Nc1nc(C)cc(C)n1. The van der Waals surface area contributed by atoms with Gasteiger partial charge in [0.1, 0.15) is 0 Å². The molecule has 0 unspecified atom stereocenters. The van der Waals surface area contributed by atoms with Gasteiger partial charge in [0.05, 0.1) is 0 Å². The van der Waals surface area contributed by atoms with Gasteiger partial charge in [0, 0.05) is 23.5 Å². The topological polar surface area (TPSA) is 50.2 Å². The molecule has 0 atom stereocenters. The standard InChI is InChI=1S/C16H20N4/c1-4-15(11-14-8-6-5-7-9-14)19-20-16-17-12(2)10-13(3)18-16/h5-10H,4,11H2,1-3H3,(H,17,18,20)/b19-15+. The molecule has 20 heavy (non-hydrogen) atoms. The highest BCUT2D eigenvalue weighted by Gasteiger charge is 2.01. The molecule has 1 N–H and O–H groups in total. The van der Waals surface area contributed by atoms with Gasteiger partial charge in [-0.15, -0.1) is 0 Å². The van der Waals surface area contributed by atoms with Gasteiger partial charge >= 0.3 is 0 Å². The zero-order chi connectivity index (χ0) is 14.4. The average Bonchev–Trinajstić information content (AvgIpc) is 2.43. The third-order valence-corrected chi connectivity index (χ3v) is 2.96. The van der Waals surface area contributed by atoms with Crippen LogP contribution in [0.1, 0.15) is 30.3 Å². The molecular formula is C16H20N4. The Hall–Kier alpha value is -2.23. The molecule has 0 aliphatic heterocycles. The lowest BCUT2D eigenvalue weighted by Gasteiger charge is -2.06. The van der Waals surface area contributed by atoms with E-state index in [9.17, 15) is 0 Å². The normalized spacial score (nSPS) is 11.4. The van der Waals surface area contributed by atoms with Gasteiger partial charge in [-0.05, 0) is 31.9 Å². The van der Waals surface area contributed by atoms with Crippen molar-refractivity contribution in [2.75, 3.05) is 5.43 Å². The average molecular weight is 268 g/mol. The number of rotatable bonds is 5. The molecule has 1 heterocycles. The highest BCUT2D eigenvalue weighted by atomic mass is 15.4. The molecule has 2 rings (SSSR count). The first-order chi connectivity index (χ1) is 9.67. The van der Waals surface area contributed by atoms with Gasteiger partial charge in [0.15, 0.2) is 0 Å². The number of hydrogen-bond donors (Lipinski definition) is 1. The van der Waals surface area contributed by atoms with Crippen LogP contribution in [0.15, 0.2) is 41.5 Å². The van der Waals surface area contributed by atoms with Crippen LogP contribution >= 0.6 is 0 Å². The van der Waals surface area contributed by atoms with E-state index in [-0.39, 0.29) is 0 Å². The quantitative estimate of drug-likeness (QED) is 0.667. The number of aromatic nitrogens is 2. The summed E-state index contributed by atoms with van der Waals surface area (Å²) in [5.74, 6) is 0.557. The Balaban J connectivity index is 2.07. The number of benzene rings is 1. The lowest BCUT2D eigenvalue weighted by Crippen LogP contribution is -2.07. The van der Waals surface area contributed by atoms with E-state index in [1.165, 1.54) is 5.56 Å². The Kier molecular flexibility index (Phi) is 4.82. The smallest absolute Gasteiger partial charge is 0.243 e. The maximum Gasteiger partial charge on any atom is 0.243 e. The minimum Gasteiger partial charge on any atom is -0.245 e. The molecule has 2 aromatic rings. The van der Waals surface area contributed by atoms with E-state index in [1.54, 1.807) is 0 Å². The molecule has 0 fully saturated rings. The number of anilines is 1. The van der Waals surface area contributed by atoms with E-state index in [4.69, 9.17) is 0 Å². The third-order valence-electron chi connectivity index (χ3n) is 2.96. The summed E-state index contributed by atoms with van der Waals surface area (Å²) >= 11 is 0. The minimum absolute atomic E-state index is 0.557. The van der Waals surface area contributed by atoms with Gasteiger partial charge in [-0.25, -0.2) is 15.4 Å². The molecule has 0 spiro atoms. The number of aryl methyl sites for hydroxylation is 2. The summed E-state index contributed by atoms with van der Waals surface area (Å²) in [5.41, 5.74) is 7.19. The van der Waals surface area contributed by atoms with Gasteiger partial charge < -0.3 is 0 Å². The van der Waals surface area contributed by atoms with Gasteiger partial charge in [0.2, 0.25) is 5.95 Å². The summed E-state index contributed by atoms with van der Waals surface area (Å²) in [6.45, 7) is 6.01. The van der Waals surface area contributed by atoms with Crippen LogP contribution in [0, 0.1) is 13.8 Å². The van der Waals surface area contributed by atoms with E-state index in [0.29, 0.717) is 5.95 Å². The lowest BCUT2D eigenvalue weighted by molar-refractivity contribution is 1.02. The number of nitrogens with zero attached hydrogens (tertiary/aromatic N) is 3. The monoisotopic (exact) mass is 268 g/mol. The van der Waals surface area contributed by atoms with Crippen LogP contribution in [0.5, 0.6) is 0 Å². The maximum atomic E-state index is 4.43. The highest BCUT2D eigenvalue weighted by molar-refractivity contribution is 5.86. The van der Waals surface area contributed by atoms with Crippen molar-refractivity contribution in [3.63, 3.8) is 0 Å². The summed E-state index contributed by atoms with van der Waals surface area (Å²) < 4.78 is 0. The zero-order valence-electron chi connectivity index (χ0n) is 12.2. The molecule has 104 valence electrons. The first-order valence-electron chi connectivity index (χ1n) is 6.85. The second-order valence-corrected chi connectivity index (χ2v) is 4.78. The molecule has 1 aromatic heterocycles. The van der Waals surface area contributed by atoms with Crippen molar-refractivity contribution < 1.29 is 0 Å². The Bertz CT molecular complexity index is 570. The Morgan fingerprint density at radius 2 is 1.75 bits per heavy atom. The largest absolute Gasteiger partial charge is 0.245 e. The van der Waals surface area contributed by atoms with E-state index in [2.05, 4.69) is 39.6 Å². The van der Waals surface area contributed by atoms with Crippen LogP contribution in [0.2, 0.25) is 0 Å². The van der Waals surface area contributed by atoms with Crippen molar-refractivity contribution in [1.29, 1.82) is 0 Å². The second-order valence-electron chi connectivity index (χ2n) is 4.78. The third kappa shape index (κ3) is 4.16. The van der Waals surface area contributed by atoms with Crippen molar-refractivity contribution in [2.45, 2.75) is 33.6 Å². The molecular weight excluding hydrogens is 248 g/mol. The lowest BCUT2D eigenvalue weighted by atomic mass is 10.1. The highest BCUT2D eigenvalue weighted by Crippen LogP contribution is 2.06. The fourth-order valence-corrected chi connectivity index (χ4v) is 1.98. The predicted molar refractivity (Wildman–Crippen MR) is 83.0 cm³/mol. The summed E-state index contributed by atoms with van der Waals surface area (Å²) in [7, 11) is 0. The van der Waals surface area contributed by atoms with Crippen molar-refractivity contribution in [1.82, 2.24) is 9.97 Å². The van der Waals surface area contributed by atoms with Crippen LogP contribution in [-0.2, 0) is 6.42 Å². The summed E-state index contributed by atoms with van der Waals surface area (Å²) in [4.78, 5) is 8.64. The maximum absolute atomic E-state index is 4.43. The molecule has 0 bridgehead atoms. The molecule has 4 heteroatoms. The molecule has 0 radical (unpaired) electrons. The van der Waals surface area contributed by atoms with Crippen molar-refractivity contribution in [2.24, 2.45) is 5.10 Å². The van der Waals surface area contributed by atoms with Gasteiger partial charge in [-0.1, -0.05) is 37.3 Å². The molecule has 4 nitrogen and oxygen atoms in total. The zero-order valence-corrected chi connectivity index (χ0v) is 12.2. The van der Waals surface area contributed by atoms with E-state index < -0.39 is 0 Å². The first kappa shape index (κ1) is 14.2. The fourth-order valence-electron chi connectivity index (χ4n) is 1.98. The molecule has 0 saturated heterocycles. The van der Waals surface area contributed by atoms with Gasteiger partial charge in [-0.3, -0.25) is 0 Å². The van der Waals surface area contributed by atoms with Gasteiger partial charge in [-0.2, -0.15) is 5.10 Å². The van der Waals surface area contributed by atoms with Crippen LogP contribution in [0.25, 0.3) is 0 Å². The van der Waals surface area contributed by atoms with Crippen molar-refractivity contribution >= 4 is 11.7 Å².